The van der Waals surface area contributed by atoms with Crippen LogP contribution in [0.2, 0.25) is 0 Å². The maximum absolute atomic E-state index is 11.9. The van der Waals surface area contributed by atoms with Gasteiger partial charge in [0.1, 0.15) is 0 Å². The molecule has 1 rings (SSSR count). The normalized spacial score (nSPS) is 22.0. The highest BCUT2D eigenvalue weighted by atomic mass is 16.2. The highest BCUT2D eigenvalue weighted by molar-refractivity contribution is 5.81. The summed E-state index contributed by atoms with van der Waals surface area (Å²) in [5.41, 5.74) is 0.199. The Morgan fingerprint density at radius 2 is 2.00 bits per heavy atom. The van der Waals surface area contributed by atoms with Gasteiger partial charge in [0.25, 0.3) is 0 Å². The average Bonchev–Trinajstić information content (AvgIpc) is 2.15. The monoisotopic (exact) mass is 226 g/mol. The van der Waals surface area contributed by atoms with E-state index in [-0.39, 0.29) is 23.5 Å². The number of hydrogen-bond donors (Lipinski definition) is 2. The molecule has 3 nitrogen and oxygen atoms in total. The molecule has 16 heavy (non-hydrogen) atoms. The molecular weight excluding hydrogens is 200 g/mol. The summed E-state index contributed by atoms with van der Waals surface area (Å²) < 4.78 is 0. The van der Waals surface area contributed by atoms with Gasteiger partial charge in [-0.15, -0.1) is 0 Å². The Kier molecular flexibility index (Phi) is 4.78. The second-order valence-corrected chi connectivity index (χ2v) is 5.48. The first-order chi connectivity index (χ1) is 7.47. The molecule has 0 heterocycles. The number of carbonyl (C=O) groups excluding carboxylic acids is 1. The minimum absolute atomic E-state index is 0.0791. The van der Waals surface area contributed by atoms with Gasteiger partial charge in [-0.2, -0.15) is 0 Å². The molecule has 0 aromatic heterocycles. The topological polar surface area (TPSA) is 41.1 Å². The Balaban J connectivity index is 2.30. The van der Waals surface area contributed by atoms with E-state index < -0.39 is 0 Å². The number of nitrogens with one attached hydrogen (secondary N) is 2. The van der Waals surface area contributed by atoms with Crippen LogP contribution in [-0.2, 0) is 4.79 Å². The molecule has 1 saturated carbocycles. The molecule has 94 valence electrons. The van der Waals surface area contributed by atoms with E-state index in [1.807, 2.05) is 6.92 Å². The number of amides is 1. The van der Waals surface area contributed by atoms with E-state index in [0.29, 0.717) is 0 Å². The summed E-state index contributed by atoms with van der Waals surface area (Å²) in [4.78, 5) is 11.9. The Morgan fingerprint density at radius 1 is 1.38 bits per heavy atom. The van der Waals surface area contributed by atoms with Gasteiger partial charge in [0.2, 0.25) is 5.91 Å². The van der Waals surface area contributed by atoms with E-state index in [0.717, 1.165) is 12.8 Å². The van der Waals surface area contributed by atoms with Crippen molar-refractivity contribution in [2.45, 2.75) is 77.4 Å². The molecule has 0 spiro atoms. The van der Waals surface area contributed by atoms with Crippen LogP contribution < -0.4 is 10.6 Å². The number of rotatable bonds is 6. The van der Waals surface area contributed by atoms with Gasteiger partial charge in [0, 0.05) is 11.6 Å². The quantitative estimate of drug-likeness (QED) is 0.729. The van der Waals surface area contributed by atoms with E-state index in [2.05, 4.69) is 31.4 Å². The molecule has 2 atom stereocenters. The fourth-order valence-corrected chi connectivity index (χ4v) is 2.31. The fraction of sp³-hybridized carbons (Fsp3) is 0.923. The lowest BCUT2D eigenvalue weighted by Gasteiger charge is -2.41. The summed E-state index contributed by atoms with van der Waals surface area (Å²) >= 11 is 0. The summed E-state index contributed by atoms with van der Waals surface area (Å²) in [7, 11) is 0. The van der Waals surface area contributed by atoms with E-state index in [1.54, 1.807) is 0 Å². The second kappa shape index (κ2) is 5.67. The number of hydrogen-bond acceptors (Lipinski definition) is 2. The van der Waals surface area contributed by atoms with Gasteiger partial charge in [-0.3, -0.25) is 4.79 Å². The lowest BCUT2D eigenvalue weighted by Crippen LogP contribution is -2.57. The molecule has 0 saturated heterocycles. The Morgan fingerprint density at radius 3 is 2.44 bits per heavy atom. The standard InChI is InChI=1S/C13H26N2O/c1-5-7-10(2)14-12(16)11(3)15-13(4)8-6-9-13/h10-11,15H,5-9H2,1-4H3,(H,14,16). The van der Waals surface area contributed by atoms with Crippen LogP contribution in [0.25, 0.3) is 0 Å². The van der Waals surface area contributed by atoms with Crippen molar-refractivity contribution in [1.82, 2.24) is 10.6 Å². The first kappa shape index (κ1) is 13.5. The zero-order valence-electron chi connectivity index (χ0n) is 11.1. The molecule has 0 aromatic carbocycles. The van der Waals surface area contributed by atoms with Crippen molar-refractivity contribution >= 4 is 5.91 Å². The molecule has 1 fully saturated rings. The minimum atomic E-state index is -0.0791. The van der Waals surface area contributed by atoms with Crippen LogP contribution in [0.5, 0.6) is 0 Å². The van der Waals surface area contributed by atoms with Crippen molar-refractivity contribution in [3.05, 3.63) is 0 Å². The van der Waals surface area contributed by atoms with Crippen molar-refractivity contribution in [2.75, 3.05) is 0 Å². The third-order valence-corrected chi connectivity index (χ3v) is 3.53. The summed E-state index contributed by atoms with van der Waals surface area (Å²) in [6.45, 7) is 8.37. The van der Waals surface area contributed by atoms with E-state index >= 15 is 0 Å². The third kappa shape index (κ3) is 3.78. The predicted octanol–water partition coefficient (Wildman–Crippen LogP) is 2.21. The van der Waals surface area contributed by atoms with Gasteiger partial charge in [0.15, 0.2) is 0 Å². The molecule has 1 aliphatic rings. The summed E-state index contributed by atoms with van der Waals surface area (Å²) in [6, 6.07) is 0.209. The molecule has 0 aromatic rings. The molecule has 0 aliphatic heterocycles. The fourth-order valence-electron chi connectivity index (χ4n) is 2.31. The van der Waals surface area contributed by atoms with Crippen LogP contribution in [0.3, 0.4) is 0 Å². The van der Waals surface area contributed by atoms with Crippen molar-refractivity contribution in [3.8, 4) is 0 Å². The van der Waals surface area contributed by atoms with Crippen molar-refractivity contribution < 1.29 is 4.79 Å². The van der Waals surface area contributed by atoms with Crippen LogP contribution in [0, 0.1) is 0 Å². The molecule has 0 radical (unpaired) electrons. The van der Waals surface area contributed by atoms with Crippen LogP contribution in [0.15, 0.2) is 0 Å². The molecule has 0 bridgehead atoms. The van der Waals surface area contributed by atoms with E-state index in [4.69, 9.17) is 0 Å². The van der Waals surface area contributed by atoms with E-state index in [9.17, 15) is 4.79 Å². The zero-order valence-corrected chi connectivity index (χ0v) is 11.1. The maximum atomic E-state index is 11.9. The second-order valence-electron chi connectivity index (χ2n) is 5.48. The van der Waals surface area contributed by atoms with Crippen LogP contribution in [0.1, 0.15) is 59.8 Å². The summed E-state index contributed by atoms with van der Waals surface area (Å²) in [5.74, 6) is 0.133. The number of carbonyl (C=O) groups is 1. The average molecular weight is 226 g/mol. The molecule has 1 amide bonds. The maximum Gasteiger partial charge on any atom is 0.237 e. The summed E-state index contributed by atoms with van der Waals surface area (Å²) in [6.07, 6.45) is 5.82. The molecule has 2 unspecified atom stereocenters. The highest BCUT2D eigenvalue weighted by Crippen LogP contribution is 2.31. The SMILES string of the molecule is CCCC(C)NC(=O)C(C)NC1(C)CCC1. The largest absolute Gasteiger partial charge is 0.352 e. The van der Waals surface area contributed by atoms with Crippen molar-refractivity contribution in [2.24, 2.45) is 0 Å². The van der Waals surface area contributed by atoms with Crippen LogP contribution >= 0.6 is 0 Å². The van der Waals surface area contributed by atoms with Gasteiger partial charge in [-0.25, -0.2) is 0 Å². The Hall–Kier alpha value is -0.570. The van der Waals surface area contributed by atoms with Gasteiger partial charge < -0.3 is 10.6 Å². The minimum Gasteiger partial charge on any atom is -0.352 e. The smallest absolute Gasteiger partial charge is 0.237 e. The predicted molar refractivity (Wildman–Crippen MR) is 67.4 cm³/mol. The lowest BCUT2D eigenvalue weighted by molar-refractivity contribution is -0.124. The van der Waals surface area contributed by atoms with Crippen LogP contribution in [-0.4, -0.2) is 23.5 Å². The van der Waals surface area contributed by atoms with Crippen molar-refractivity contribution in [1.29, 1.82) is 0 Å². The van der Waals surface area contributed by atoms with Gasteiger partial charge in [-0.1, -0.05) is 13.3 Å². The first-order valence-electron chi connectivity index (χ1n) is 6.55. The van der Waals surface area contributed by atoms with Crippen molar-refractivity contribution in [3.63, 3.8) is 0 Å². The third-order valence-electron chi connectivity index (χ3n) is 3.53. The van der Waals surface area contributed by atoms with Gasteiger partial charge in [0.05, 0.1) is 6.04 Å². The Bertz CT molecular complexity index is 236. The highest BCUT2D eigenvalue weighted by Gasteiger charge is 2.34. The van der Waals surface area contributed by atoms with Crippen LogP contribution in [0.4, 0.5) is 0 Å². The lowest BCUT2D eigenvalue weighted by atomic mass is 9.78. The van der Waals surface area contributed by atoms with Gasteiger partial charge in [-0.05, 0) is 46.5 Å². The van der Waals surface area contributed by atoms with Gasteiger partial charge >= 0.3 is 0 Å². The van der Waals surface area contributed by atoms with E-state index in [1.165, 1.54) is 19.3 Å². The Labute approximate surface area is 99.4 Å². The molecule has 2 N–H and O–H groups in total. The molecule has 1 aliphatic carbocycles. The first-order valence-corrected chi connectivity index (χ1v) is 6.55. The molecular formula is C13H26N2O. The molecule has 3 heteroatoms. The zero-order chi connectivity index (χ0) is 12.2. The summed E-state index contributed by atoms with van der Waals surface area (Å²) in [5, 5.41) is 6.48.